The van der Waals surface area contributed by atoms with Gasteiger partial charge in [0, 0.05) is 45.2 Å². The van der Waals surface area contributed by atoms with Crippen molar-refractivity contribution in [1.82, 2.24) is 9.88 Å². The molecule has 1 aromatic heterocycles. The molecule has 110 valence electrons. The molecule has 0 bridgehead atoms. The number of anilines is 1. The van der Waals surface area contributed by atoms with Crippen molar-refractivity contribution in [2.24, 2.45) is 5.92 Å². The minimum atomic E-state index is -0.0765. The van der Waals surface area contributed by atoms with Gasteiger partial charge in [-0.05, 0) is 37.8 Å². The van der Waals surface area contributed by atoms with Crippen molar-refractivity contribution in [2.75, 3.05) is 32.6 Å². The molecule has 5 heteroatoms. The highest BCUT2D eigenvalue weighted by Crippen LogP contribution is 2.22. The summed E-state index contributed by atoms with van der Waals surface area (Å²) >= 11 is 0. The molecule has 5 nitrogen and oxygen atoms in total. The van der Waals surface area contributed by atoms with Gasteiger partial charge in [0.25, 0.3) is 5.91 Å². The molecule has 1 aliphatic rings. The fraction of sp³-hybridized carbons (Fsp3) is 0.600. The molecule has 20 heavy (non-hydrogen) atoms. The Morgan fingerprint density at radius 3 is 2.80 bits per heavy atom. The zero-order valence-corrected chi connectivity index (χ0v) is 12.4. The van der Waals surface area contributed by atoms with Crippen LogP contribution in [0.25, 0.3) is 0 Å². The minimum Gasteiger partial charge on any atom is -0.382 e. The summed E-state index contributed by atoms with van der Waals surface area (Å²) in [5.74, 6) is 0.539. The molecular formula is C15H23N3O2. The van der Waals surface area contributed by atoms with Crippen molar-refractivity contribution in [3.63, 3.8) is 0 Å². The number of aromatic nitrogens is 1. The number of rotatable bonds is 4. The molecule has 1 N–H and O–H groups in total. The van der Waals surface area contributed by atoms with E-state index >= 15 is 0 Å². The van der Waals surface area contributed by atoms with Gasteiger partial charge >= 0.3 is 0 Å². The molecule has 0 aromatic carbocycles. The topological polar surface area (TPSA) is 54.5 Å². The van der Waals surface area contributed by atoms with E-state index in [4.69, 9.17) is 4.74 Å². The number of nitrogens with one attached hydrogen (secondary N) is 1. The predicted molar refractivity (Wildman–Crippen MR) is 78.9 cm³/mol. The van der Waals surface area contributed by atoms with E-state index in [0.717, 1.165) is 31.7 Å². The minimum absolute atomic E-state index is 0.0765. The van der Waals surface area contributed by atoms with E-state index in [0.29, 0.717) is 17.7 Å². The van der Waals surface area contributed by atoms with Crippen molar-refractivity contribution in [1.29, 1.82) is 0 Å². The van der Waals surface area contributed by atoms with Crippen LogP contribution in [0.3, 0.4) is 0 Å². The number of pyridine rings is 1. The molecule has 1 fully saturated rings. The highest BCUT2D eigenvalue weighted by atomic mass is 16.5. The summed E-state index contributed by atoms with van der Waals surface area (Å²) in [6.45, 7) is 3.87. The molecule has 2 heterocycles. The van der Waals surface area contributed by atoms with E-state index in [2.05, 4.69) is 17.2 Å². The van der Waals surface area contributed by atoms with Crippen LogP contribution in [-0.2, 0) is 4.74 Å². The first kappa shape index (κ1) is 14.8. The highest BCUT2D eigenvalue weighted by molar-refractivity contribution is 5.92. The van der Waals surface area contributed by atoms with Gasteiger partial charge in [-0.3, -0.25) is 9.78 Å². The zero-order valence-electron chi connectivity index (χ0n) is 12.4. The van der Waals surface area contributed by atoms with Crippen molar-refractivity contribution in [3.05, 3.63) is 24.0 Å². The van der Waals surface area contributed by atoms with Crippen LogP contribution >= 0.6 is 0 Å². The first-order valence-corrected chi connectivity index (χ1v) is 7.10. The Hall–Kier alpha value is -1.62. The fourth-order valence-electron chi connectivity index (χ4n) is 2.46. The molecule has 0 radical (unpaired) electrons. The van der Waals surface area contributed by atoms with E-state index in [1.165, 1.54) is 4.90 Å². The van der Waals surface area contributed by atoms with Crippen LogP contribution in [0.5, 0.6) is 0 Å². The van der Waals surface area contributed by atoms with Crippen molar-refractivity contribution < 1.29 is 9.53 Å². The first-order valence-electron chi connectivity index (χ1n) is 7.10. The second kappa shape index (κ2) is 6.70. The van der Waals surface area contributed by atoms with Gasteiger partial charge in [-0.2, -0.15) is 0 Å². The summed E-state index contributed by atoms with van der Waals surface area (Å²) in [5, 5.41) is 3.48. The van der Waals surface area contributed by atoms with E-state index in [9.17, 15) is 4.79 Å². The van der Waals surface area contributed by atoms with Crippen molar-refractivity contribution >= 4 is 11.6 Å². The number of carbonyl (C=O) groups is 1. The quantitative estimate of drug-likeness (QED) is 0.914. The molecule has 0 saturated carbocycles. The third-order valence-electron chi connectivity index (χ3n) is 3.75. The average Bonchev–Trinajstić information content (AvgIpc) is 2.47. The lowest BCUT2D eigenvalue weighted by Gasteiger charge is -2.29. The highest BCUT2D eigenvalue weighted by Gasteiger charge is 2.20. The number of ether oxygens (including phenoxy) is 1. The number of hydrogen-bond donors (Lipinski definition) is 1. The van der Waals surface area contributed by atoms with Crippen molar-refractivity contribution in [2.45, 2.75) is 25.8 Å². The molecule has 1 aliphatic heterocycles. The molecule has 1 aromatic rings. The summed E-state index contributed by atoms with van der Waals surface area (Å²) in [5.41, 5.74) is 1.42. The van der Waals surface area contributed by atoms with Gasteiger partial charge in [0.2, 0.25) is 0 Å². The molecule has 0 aliphatic carbocycles. The standard InChI is InChI=1S/C15H23N3O2/c1-11(12-5-8-20-9-6-12)17-13-4-7-16-14(10-13)15(19)18(2)3/h4,7,10-12H,5-6,8-9H2,1-3H3,(H,16,17). The molecule has 2 rings (SSSR count). The maximum atomic E-state index is 11.9. The monoisotopic (exact) mass is 277 g/mol. The lowest BCUT2D eigenvalue weighted by Crippen LogP contribution is -2.31. The second-order valence-corrected chi connectivity index (χ2v) is 5.51. The summed E-state index contributed by atoms with van der Waals surface area (Å²) in [6, 6.07) is 4.09. The predicted octanol–water partition coefficient (Wildman–Crippen LogP) is 2.01. The fourth-order valence-corrected chi connectivity index (χ4v) is 2.46. The molecule has 1 amide bonds. The van der Waals surface area contributed by atoms with E-state index in [1.54, 1.807) is 20.3 Å². The number of hydrogen-bond acceptors (Lipinski definition) is 4. The van der Waals surface area contributed by atoms with Crippen LogP contribution in [0.4, 0.5) is 5.69 Å². The van der Waals surface area contributed by atoms with Crippen LogP contribution < -0.4 is 5.32 Å². The zero-order chi connectivity index (χ0) is 14.5. The van der Waals surface area contributed by atoms with Gasteiger partial charge in [-0.25, -0.2) is 0 Å². The lowest BCUT2D eigenvalue weighted by molar-refractivity contribution is 0.0622. The Morgan fingerprint density at radius 1 is 1.45 bits per heavy atom. The van der Waals surface area contributed by atoms with Crippen molar-refractivity contribution in [3.8, 4) is 0 Å². The molecule has 1 unspecified atom stereocenters. The number of carbonyl (C=O) groups excluding carboxylic acids is 1. The van der Waals surface area contributed by atoms with E-state index < -0.39 is 0 Å². The van der Waals surface area contributed by atoms with Gasteiger partial charge in [-0.1, -0.05) is 0 Å². The Morgan fingerprint density at radius 2 is 2.15 bits per heavy atom. The van der Waals surface area contributed by atoms with Crippen LogP contribution in [-0.4, -0.2) is 49.1 Å². The largest absolute Gasteiger partial charge is 0.382 e. The van der Waals surface area contributed by atoms with Crippen LogP contribution in [0.15, 0.2) is 18.3 Å². The van der Waals surface area contributed by atoms with Crippen LogP contribution in [0.2, 0.25) is 0 Å². The Kier molecular flexibility index (Phi) is 4.95. The average molecular weight is 277 g/mol. The number of amides is 1. The summed E-state index contributed by atoms with van der Waals surface area (Å²) in [4.78, 5) is 17.6. The second-order valence-electron chi connectivity index (χ2n) is 5.51. The Labute approximate surface area is 120 Å². The van der Waals surface area contributed by atoms with Gasteiger partial charge in [0.15, 0.2) is 0 Å². The third kappa shape index (κ3) is 3.70. The molecule has 1 atom stereocenters. The Bertz CT molecular complexity index is 456. The summed E-state index contributed by atoms with van der Waals surface area (Å²) < 4.78 is 5.39. The molecular weight excluding hydrogens is 254 g/mol. The SMILES string of the molecule is CC(Nc1ccnc(C(=O)N(C)C)c1)C1CCOCC1. The number of nitrogens with zero attached hydrogens (tertiary/aromatic N) is 2. The first-order chi connectivity index (χ1) is 9.58. The molecule has 0 spiro atoms. The Balaban J connectivity index is 2.01. The molecule has 1 saturated heterocycles. The maximum Gasteiger partial charge on any atom is 0.272 e. The van der Waals surface area contributed by atoms with Crippen LogP contribution in [0, 0.1) is 5.92 Å². The third-order valence-corrected chi connectivity index (χ3v) is 3.75. The van der Waals surface area contributed by atoms with Gasteiger partial charge in [0.05, 0.1) is 0 Å². The normalized spacial score (nSPS) is 17.6. The van der Waals surface area contributed by atoms with Gasteiger partial charge in [-0.15, -0.1) is 0 Å². The summed E-state index contributed by atoms with van der Waals surface area (Å²) in [7, 11) is 3.46. The maximum absolute atomic E-state index is 11.9. The van der Waals surface area contributed by atoms with Gasteiger partial charge in [0.1, 0.15) is 5.69 Å². The summed E-state index contributed by atoms with van der Waals surface area (Å²) in [6.07, 6.45) is 3.85. The lowest BCUT2D eigenvalue weighted by atomic mass is 9.93. The van der Waals surface area contributed by atoms with Crippen LogP contribution in [0.1, 0.15) is 30.3 Å². The smallest absolute Gasteiger partial charge is 0.272 e. The van der Waals surface area contributed by atoms with Gasteiger partial charge < -0.3 is 15.0 Å². The van der Waals surface area contributed by atoms with E-state index in [1.807, 2.05) is 12.1 Å². The van der Waals surface area contributed by atoms with E-state index in [-0.39, 0.29) is 5.91 Å².